The molecule has 0 fully saturated rings. The Hall–Kier alpha value is 0.370. The average molecular weight is 212 g/mol. The van der Waals surface area contributed by atoms with Crippen LogP contribution < -0.4 is 0 Å². The van der Waals surface area contributed by atoms with Gasteiger partial charge >= 0.3 is 0 Å². The van der Waals surface area contributed by atoms with E-state index >= 15 is 0 Å². The highest BCUT2D eigenvalue weighted by atomic mass is 32.2. The summed E-state index contributed by atoms with van der Waals surface area (Å²) in [7, 11) is -2.91. The first-order valence-electron chi connectivity index (χ1n) is 3.83. The fourth-order valence-electron chi connectivity index (χ4n) is 0.560. The van der Waals surface area contributed by atoms with Gasteiger partial charge in [0.05, 0.1) is 13.2 Å². The maximum atomic E-state index is 11.3. The molecule has 0 unspecified atom stereocenters. The van der Waals surface area contributed by atoms with Gasteiger partial charge in [0.2, 0.25) is 8.38 Å². The second-order valence-corrected chi connectivity index (χ2v) is 7.08. The highest BCUT2D eigenvalue weighted by Gasteiger charge is 2.06. The van der Waals surface area contributed by atoms with E-state index in [4.69, 9.17) is 9.05 Å². The third-order valence-electron chi connectivity index (χ3n) is 0.853. The minimum atomic E-state index is -1.86. The van der Waals surface area contributed by atoms with E-state index in [2.05, 4.69) is 0 Å². The normalized spacial score (nSPS) is 12.1. The Labute approximate surface area is 76.4 Å². The van der Waals surface area contributed by atoms with Gasteiger partial charge in [0.1, 0.15) is 0 Å². The predicted octanol–water partition coefficient (Wildman–Crippen LogP) is 1.68. The van der Waals surface area contributed by atoms with Crippen molar-refractivity contribution in [1.29, 1.82) is 0 Å². The van der Waals surface area contributed by atoms with Gasteiger partial charge in [0, 0.05) is 17.6 Å². The van der Waals surface area contributed by atoms with E-state index in [0.717, 1.165) is 0 Å². The van der Waals surface area contributed by atoms with Crippen LogP contribution in [0.1, 0.15) is 13.8 Å². The van der Waals surface area contributed by atoms with Crippen LogP contribution in [0.25, 0.3) is 0 Å². The zero-order valence-electron chi connectivity index (χ0n) is 8.07. The van der Waals surface area contributed by atoms with Gasteiger partial charge in [-0.2, -0.15) is 0 Å². The van der Waals surface area contributed by atoms with Gasteiger partial charge in [0.15, 0.2) is 0 Å². The van der Waals surface area contributed by atoms with Crippen LogP contribution >= 0.6 is 8.38 Å². The maximum Gasteiger partial charge on any atom is 0.205 e. The first-order valence-corrected chi connectivity index (χ1v) is 7.52. The molecule has 0 aliphatic rings. The van der Waals surface area contributed by atoms with Crippen molar-refractivity contribution in [2.24, 2.45) is 0 Å². The molecule has 0 saturated carbocycles. The molecule has 0 N–H and O–H groups in total. The van der Waals surface area contributed by atoms with Crippen LogP contribution in [0.3, 0.4) is 0 Å². The third-order valence-corrected chi connectivity index (χ3v) is 4.60. The molecule has 0 aromatic rings. The molecule has 0 bridgehead atoms. The summed E-state index contributed by atoms with van der Waals surface area (Å²) in [6, 6.07) is 0. The molecule has 0 aliphatic heterocycles. The van der Waals surface area contributed by atoms with E-state index in [1.54, 1.807) is 17.6 Å². The van der Waals surface area contributed by atoms with Gasteiger partial charge in [-0.25, -0.2) is 0 Å². The highest BCUT2D eigenvalue weighted by molar-refractivity contribution is 8.07. The Morgan fingerprint density at radius 1 is 1.25 bits per heavy atom. The van der Waals surface area contributed by atoms with Gasteiger partial charge in [0.25, 0.3) is 0 Å². The lowest BCUT2D eigenvalue weighted by atomic mass is 10.9. The first-order chi connectivity index (χ1) is 5.49. The van der Waals surface area contributed by atoms with Gasteiger partial charge in [-0.05, 0) is 23.4 Å². The molecule has 0 radical (unpaired) electrons. The smallest absolute Gasteiger partial charge is 0.205 e. The van der Waals surface area contributed by atoms with Crippen LogP contribution in [0.4, 0.5) is 0 Å². The molecule has 12 heavy (non-hydrogen) atoms. The Bertz CT molecular complexity index is 207. The summed E-state index contributed by atoms with van der Waals surface area (Å²) in [4.78, 5) is 0. The predicted molar refractivity (Wildman–Crippen MR) is 56.2 cm³/mol. The van der Waals surface area contributed by atoms with Crippen molar-refractivity contribution in [3.63, 3.8) is 0 Å². The molecule has 0 rings (SSSR count). The average Bonchev–Trinajstić information content (AvgIpc) is 1.84. The fourth-order valence-corrected chi connectivity index (χ4v) is 3.29. The lowest BCUT2D eigenvalue weighted by Crippen LogP contribution is -2.00. The van der Waals surface area contributed by atoms with Gasteiger partial charge in [-0.1, -0.05) is 0 Å². The second-order valence-electron chi connectivity index (χ2n) is 2.54. The molecule has 0 aliphatic carbocycles. The van der Waals surface area contributed by atoms with E-state index in [9.17, 15) is 4.21 Å². The molecule has 0 amide bonds. The van der Waals surface area contributed by atoms with Crippen LogP contribution in [0, 0.1) is 0 Å². The summed E-state index contributed by atoms with van der Waals surface area (Å²) in [5.41, 5.74) is 0. The largest absolute Gasteiger partial charge is 0.331 e. The van der Waals surface area contributed by atoms with E-state index in [1.807, 2.05) is 13.8 Å². The van der Waals surface area contributed by atoms with Crippen LogP contribution in [0.15, 0.2) is 0 Å². The Kier molecular flexibility index (Phi) is 6.10. The molecule has 0 atom stereocenters. The summed E-state index contributed by atoms with van der Waals surface area (Å²) >= 11 is 0. The summed E-state index contributed by atoms with van der Waals surface area (Å²) in [5, 5.41) is 1.68. The van der Waals surface area contributed by atoms with Crippen molar-refractivity contribution in [2.75, 3.05) is 25.7 Å². The quantitative estimate of drug-likeness (QED) is 0.513. The maximum absolute atomic E-state index is 11.3. The van der Waals surface area contributed by atoms with Crippen LogP contribution in [0.5, 0.6) is 0 Å². The number of hydrogen-bond donors (Lipinski definition) is 0. The van der Waals surface area contributed by atoms with Crippen molar-refractivity contribution in [3.05, 3.63) is 0 Å². The molecular formula is C7H17O3PS. The lowest BCUT2D eigenvalue weighted by molar-refractivity contribution is 0.280. The molecule has 74 valence electrons. The third kappa shape index (κ3) is 7.04. The van der Waals surface area contributed by atoms with E-state index in [0.29, 0.717) is 13.2 Å². The monoisotopic (exact) mass is 212 g/mol. The van der Waals surface area contributed by atoms with Gasteiger partial charge in [-0.3, -0.25) is 4.21 Å². The van der Waals surface area contributed by atoms with Crippen molar-refractivity contribution < 1.29 is 13.3 Å². The van der Waals surface area contributed by atoms with Crippen LogP contribution in [-0.2, 0) is 18.6 Å². The molecule has 0 aromatic heterocycles. The van der Waals surface area contributed by atoms with Crippen LogP contribution in [0.2, 0.25) is 0 Å². The SMILES string of the molecule is CCOP(C=S(C)(C)=O)OCC. The van der Waals surface area contributed by atoms with Crippen molar-refractivity contribution in [3.8, 4) is 0 Å². The van der Waals surface area contributed by atoms with Crippen LogP contribution in [-0.4, -0.2) is 35.0 Å². The summed E-state index contributed by atoms with van der Waals surface area (Å²) in [6.45, 7) is 4.99. The first kappa shape index (κ1) is 12.4. The summed E-state index contributed by atoms with van der Waals surface area (Å²) in [5.74, 6) is 0. The zero-order chi connectivity index (χ0) is 9.61. The minimum Gasteiger partial charge on any atom is -0.331 e. The number of rotatable bonds is 5. The molecule has 0 aromatic carbocycles. The van der Waals surface area contributed by atoms with E-state index in [-0.39, 0.29) is 0 Å². The molecule has 5 heteroatoms. The van der Waals surface area contributed by atoms with Crippen molar-refractivity contribution in [1.82, 2.24) is 0 Å². The zero-order valence-corrected chi connectivity index (χ0v) is 9.78. The Balaban J connectivity index is 4.22. The molecule has 0 spiro atoms. The van der Waals surface area contributed by atoms with Gasteiger partial charge in [-0.15, -0.1) is 0 Å². The fraction of sp³-hybridized carbons (Fsp3) is 0.857. The lowest BCUT2D eigenvalue weighted by Gasteiger charge is -2.11. The Morgan fingerprint density at radius 2 is 1.67 bits per heavy atom. The topological polar surface area (TPSA) is 35.5 Å². The van der Waals surface area contributed by atoms with E-state index in [1.165, 1.54) is 0 Å². The summed E-state index contributed by atoms with van der Waals surface area (Å²) < 4.78 is 21.9. The van der Waals surface area contributed by atoms with Crippen molar-refractivity contribution in [2.45, 2.75) is 13.8 Å². The van der Waals surface area contributed by atoms with Crippen molar-refractivity contribution >= 4 is 23.0 Å². The minimum absolute atomic E-state index is 0.595. The standard InChI is InChI=1S/C7H17O3PS/c1-5-9-11(10-6-2)7-12(3,4)8/h7H,5-6H2,1-4H3. The second kappa shape index (κ2) is 5.92. The molecular weight excluding hydrogens is 195 g/mol. The summed E-state index contributed by atoms with van der Waals surface area (Å²) in [6.07, 6.45) is 3.36. The molecule has 0 saturated heterocycles. The molecule has 3 nitrogen and oxygen atoms in total. The van der Waals surface area contributed by atoms with E-state index < -0.39 is 17.9 Å². The number of hydrogen-bond acceptors (Lipinski definition) is 3. The Morgan fingerprint density at radius 3 is 1.92 bits per heavy atom. The van der Waals surface area contributed by atoms with Gasteiger partial charge < -0.3 is 9.05 Å². The molecule has 0 heterocycles. The highest BCUT2D eigenvalue weighted by Crippen LogP contribution is 2.34.